The maximum Gasteiger partial charge on any atom is 0.212 e. The fraction of sp³-hybridized carbons (Fsp3) is 0.111. The zero-order chi connectivity index (χ0) is 15.6. The van der Waals surface area contributed by atoms with Gasteiger partial charge in [-0.2, -0.15) is 0 Å². The highest BCUT2D eigenvalue weighted by Crippen LogP contribution is 2.37. The Balaban J connectivity index is 1.77. The minimum absolute atomic E-state index is 0.00794. The van der Waals surface area contributed by atoms with E-state index in [9.17, 15) is 9.90 Å². The molecule has 0 unspecified atom stereocenters. The molecule has 5 nitrogen and oxygen atoms in total. The molecular formula is C18H13N3O2. The molecule has 0 saturated heterocycles. The lowest BCUT2D eigenvalue weighted by molar-refractivity contribution is 0.103. The summed E-state index contributed by atoms with van der Waals surface area (Å²) in [6, 6.07) is 6.87. The van der Waals surface area contributed by atoms with E-state index >= 15 is 0 Å². The van der Waals surface area contributed by atoms with Crippen LogP contribution in [0.3, 0.4) is 0 Å². The van der Waals surface area contributed by atoms with Crippen LogP contribution in [0.2, 0.25) is 0 Å². The number of hydrogen-bond acceptors (Lipinski definition) is 3. The zero-order valence-electron chi connectivity index (χ0n) is 12.2. The smallest absolute Gasteiger partial charge is 0.212 e. The van der Waals surface area contributed by atoms with Gasteiger partial charge < -0.3 is 15.1 Å². The summed E-state index contributed by atoms with van der Waals surface area (Å²) < 4.78 is 0. The number of aromatic nitrogens is 2. The van der Waals surface area contributed by atoms with Gasteiger partial charge in [0.2, 0.25) is 5.78 Å². The number of aliphatic imine (C=N–C) groups is 1. The molecule has 0 fully saturated rings. The van der Waals surface area contributed by atoms with E-state index in [1.54, 1.807) is 12.1 Å². The molecule has 3 aromatic rings. The Kier molecular flexibility index (Phi) is 2.29. The van der Waals surface area contributed by atoms with Crippen LogP contribution in [0.5, 0.6) is 5.75 Å². The third kappa shape index (κ3) is 1.56. The number of aromatic hydroxyl groups is 1. The van der Waals surface area contributed by atoms with E-state index in [2.05, 4.69) is 15.0 Å². The molecule has 2 aromatic heterocycles. The highest BCUT2D eigenvalue weighted by Gasteiger charge is 2.36. The van der Waals surface area contributed by atoms with Crippen molar-refractivity contribution in [2.75, 3.05) is 6.54 Å². The molecule has 0 amide bonds. The molecule has 0 radical (unpaired) electrons. The number of H-pyrrole nitrogens is 2. The van der Waals surface area contributed by atoms with Crippen molar-refractivity contribution in [3.05, 3.63) is 64.7 Å². The van der Waals surface area contributed by atoms with E-state index < -0.39 is 0 Å². The van der Waals surface area contributed by atoms with Crippen LogP contribution in [0.1, 0.15) is 32.9 Å². The zero-order valence-corrected chi connectivity index (χ0v) is 12.2. The number of fused-ring (bicyclic) bond motifs is 2. The number of aromatic amines is 2. The van der Waals surface area contributed by atoms with Gasteiger partial charge in [-0.25, -0.2) is 0 Å². The van der Waals surface area contributed by atoms with Gasteiger partial charge in [0.05, 0.1) is 22.7 Å². The Bertz CT molecular complexity index is 990. The monoisotopic (exact) mass is 303 g/mol. The van der Waals surface area contributed by atoms with E-state index in [1.165, 1.54) is 0 Å². The molecule has 1 aromatic carbocycles. The van der Waals surface area contributed by atoms with E-state index in [4.69, 9.17) is 0 Å². The van der Waals surface area contributed by atoms with Gasteiger partial charge >= 0.3 is 0 Å². The second-order valence-electron chi connectivity index (χ2n) is 5.87. The predicted octanol–water partition coefficient (Wildman–Crippen LogP) is 2.65. The first kappa shape index (κ1) is 12.5. The van der Waals surface area contributed by atoms with Gasteiger partial charge in [-0.15, -0.1) is 0 Å². The van der Waals surface area contributed by atoms with E-state index in [0.29, 0.717) is 11.3 Å². The van der Waals surface area contributed by atoms with E-state index in [-0.39, 0.29) is 11.5 Å². The lowest BCUT2D eigenvalue weighted by Crippen LogP contribution is -2.24. The number of phenols is 1. The lowest BCUT2D eigenvalue weighted by atomic mass is 9.85. The maximum atomic E-state index is 13.0. The average Bonchev–Trinajstić information content (AvgIpc) is 3.19. The van der Waals surface area contributed by atoms with E-state index in [0.717, 1.165) is 46.6 Å². The second kappa shape index (κ2) is 4.23. The summed E-state index contributed by atoms with van der Waals surface area (Å²) in [5, 5.41) is 9.47. The third-order valence-electron chi connectivity index (χ3n) is 4.60. The van der Waals surface area contributed by atoms with Crippen LogP contribution in [-0.2, 0) is 6.42 Å². The molecule has 0 bridgehead atoms. The Morgan fingerprint density at radius 1 is 1.00 bits per heavy atom. The molecule has 112 valence electrons. The molecule has 5 rings (SSSR count). The quantitative estimate of drug-likeness (QED) is 0.505. The van der Waals surface area contributed by atoms with Gasteiger partial charge in [0, 0.05) is 30.1 Å². The largest absolute Gasteiger partial charge is 0.508 e. The molecule has 1 aliphatic carbocycles. The van der Waals surface area contributed by atoms with Crippen LogP contribution in [0, 0.1) is 0 Å². The summed E-state index contributed by atoms with van der Waals surface area (Å²) in [6.07, 6.45) is 4.63. The molecule has 5 heteroatoms. The van der Waals surface area contributed by atoms with Gasteiger partial charge in [-0.3, -0.25) is 9.79 Å². The van der Waals surface area contributed by atoms with Crippen LogP contribution < -0.4 is 0 Å². The molecule has 0 spiro atoms. The summed E-state index contributed by atoms with van der Waals surface area (Å²) in [7, 11) is 0. The summed E-state index contributed by atoms with van der Waals surface area (Å²) in [6.45, 7) is 0.737. The molecule has 3 heterocycles. The Hall–Kier alpha value is -3.08. The van der Waals surface area contributed by atoms with Gasteiger partial charge in [-0.1, -0.05) is 12.1 Å². The normalized spacial score (nSPS) is 15.1. The van der Waals surface area contributed by atoms with Crippen LogP contribution in [0.4, 0.5) is 0 Å². The first-order valence-corrected chi connectivity index (χ1v) is 7.55. The van der Waals surface area contributed by atoms with Gasteiger partial charge in [0.25, 0.3) is 0 Å². The minimum atomic E-state index is -0.00794. The minimum Gasteiger partial charge on any atom is -0.508 e. The molecule has 0 saturated carbocycles. The van der Waals surface area contributed by atoms with Crippen LogP contribution >= 0.6 is 0 Å². The number of carbonyl (C=O) groups excluding carboxylic acids is 1. The lowest BCUT2D eigenvalue weighted by Gasteiger charge is -2.20. The number of benzene rings is 1. The number of nitrogens with zero attached hydrogens (tertiary/aromatic N) is 1. The first-order valence-electron chi connectivity index (χ1n) is 7.55. The topological polar surface area (TPSA) is 81.2 Å². The first-order chi connectivity index (χ1) is 11.2. The molecule has 3 N–H and O–H groups in total. The van der Waals surface area contributed by atoms with E-state index in [1.807, 2.05) is 24.5 Å². The number of phenolic OH excluding ortho intramolecular Hbond substituents is 1. The Morgan fingerprint density at radius 2 is 1.78 bits per heavy atom. The highest BCUT2D eigenvalue weighted by molar-refractivity contribution is 6.31. The molecule has 23 heavy (non-hydrogen) atoms. The van der Waals surface area contributed by atoms with Crippen molar-refractivity contribution in [2.24, 2.45) is 4.99 Å². The third-order valence-corrected chi connectivity index (χ3v) is 4.60. The predicted molar refractivity (Wildman–Crippen MR) is 86.3 cm³/mol. The summed E-state index contributed by atoms with van der Waals surface area (Å²) in [5.41, 5.74) is 6.79. The highest BCUT2D eigenvalue weighted by atomic mass is 16.3. The fourth-order valence-electron chi connectivity index (χ4n) is 3.52. The average molecular weight is 303 g/mol. The standard InChI is InChI=1S/C18H13N3O2/c22-11-3-1-9(2-4-11)12-8-21-16-14(12)18(23)17-13-10(7-20-17)5-6-19-15(13)16/h1-4,7-8,20-22H,5-6H2. The SMILES string of the molecule is O=C1c2[nH]cc3c2C(=NCC3)c2[nH]cc(-c3ccc(O)cc3)c21. The molecule has 0 atom stereocenters. The van der Waals surface area contributed by atoms with Crippen molar-refractivity contribution in [2.45, 2.75) is 6.42 Å². The Morgan fingerprint density at radius 3 is 2.61 bits per heavy atom. The van der Waals surface area contributed by atoms with Crippen molar-refractivity contribution in [1.29, 1.82) is 0 Å². The number of carbonyl (C=O) groups is 1. The van der Waals surface area contributed by atoms with Crippen LogP contribution in [0.25, 0.3) is 11.1 Å². The number of nitrogens with one attached hydrogen (secondary N) is 2. The number of rotatable bonds is 1. The molecular weight excluding hydrogens is 290 g/mol. The van der Waals surface area contributed by atoms with Gasteiger partial charge in [0.15, 0.2) is 0 Å². The summed E-state index contributed by atoms with van der Waals surface area (Å²) >= 11 is 0. The van der Waals surface area contributed by atoms with Gasteiger partial charge in [0.1, 0.15) is 5.75 Å². The van der Waals surface area contributed by atoms with Crippen LogP contribution in [0.15, 0.2) is 41.7 Å². The van der Waals surface area contributed by atoms with Crippen molar-refractivity contribution in [3.63, 3.8) is 0 Å². The molecule has 1 aliphatic heterocycles. The van der Waals surface area contributed by atoms with Crippen molar-refractivity contribution < 1.29 is 9.90 Å². The van der Waals surface area contributed by atoms with Gasteiger partial charge in [-0.05, 0) is 29.7 Å². The molecule has 2 aliphatic rings. The van der Waals surface area contributed by atoms with Crippen molar-refractivity contribution >= 4 is 11.5 Å². The number of hydrogen-bond donors (Lipinski definition) is 3. The van der Waals surface area contributed by atoms with Crippen molar-refractivity contribution in [1.82, 2.24) is 9.97 Å². The van der Waals surface area contributed by atoms with Crippen molar-refractivity contribution in [3.8, 4) is 16.9 Å². The second-order valence-corrected chi connectivity index (χ2v) is 5.87. The summed E-state index contributed by atoms with van der Waals surface area (Å²) in [5.74, 6) is 0.198. The maximum absolute atomic E-state index is 13.0. The Labute approximate surface area is 131 Å². The summed E-state index contributed by atoms with van der Waals surface area (Å²) in [4.78, 5) is 24.0. The van der Waals surface area contributed by atoms with Crippen LogP contribution in [-0.4, -0.2) is 33.1 Å². The fourth-order valence-corrected chi connectivity index (χ4v) is 3.52. The number of ketones is 1.